The van der Waals surface area contributed by atoms with Crippen LogP contribution in [0.2, 0.25) is 0 Å². The van der Waals surface area contributed by atoms with Crippen LogP contribution in [-0.4, -0.2) is 67.3 Å². The molecule has 2 saturated heterocycles. The summed E-state index contributed by atoms with van der Waals surface area (Å²) in [5, 5.41) is 22.3. The molecule has 10 nitrogen and oxygen atoms in total. The smallest absolute Gasteiger partial charge is 0.242 e. The monoisotopic (exact) mass is 699 g/mol. The van der Waals surface area contributed by atoms with Crippen LogP contribution >= 0.6 is 0 Å². The van der Waals surface area contributed by atoms with Gasteiger partial charge < -0.3 is 25.0 Å². The standard InChI is InChI=1S/C39H45N3O7S/c1-27-9-19-35(20-10-27)50(46,47)41-36(22-28-6-3-2-4-7-28)38(45)40-32-17-15-31(16-18-32)39-48-34(24-42-21-5-8-33(42)26-44)23-37(49-39)30-13-11-29(25-43)12-14-30/h2-4,6-7,9-20,33-34,36-37,39,41,43-44H,5,8,21-26H2,1H3,(H,40,45)/t33-,34+,36+,37-,39-/m0/s1. The van der Waals surface area contributed by atoms with Gasteiger partial charge in [-0.25, -0.2) is 8.42 Å². The topological polar surface area (TPSA) is 137 Å². The molecule has 2 heterocycles. The van der Waals surface area contributed by atoms with Crippen LogP contribution in [0, 0.1) is 6.92 Å². The highest BCUT2D eigenvalue weighted by molar-refractivity contribution is 7.89. The van der Waals surface area contributed by atoms with E-state index in [2.05, 4.69) is 14.9 Å². The van der Waals surface area contributed by atoms with Gasteiger partial charge in [0.2, 0.25) is 15.9 Å². The number of ether oxygens (including phenoxy) is 2. The molecule has 2 aliphatic rings. The van der Waals surface area contributed by atoms with Crippen molar-refractivity contribution in [2.45, 2.75) is 74.7 Å². The average Bonchev–Trinajstić information content (AvgIpc) is 3.59. The zero-order chi connectivity index (χ0) is 35.1. The first kappa shape index (κ1) is 35.9. The Bertz CT molecular complexity index is 1800. The Kier molecular flexibility index (Phi) is 11.8. The maximum absolute atomic E-state index is 13.6. The van der Waals surface area contributed by atoms with Gasteiger partial charge in [0, 0.05) is 30.3 Å². The Labute approximate surface area is 294 Å². The second kappa shape index (κ2) is 16.4. The number of nitrogens with one attached hydrogen (secondary N) is 2. The normalized spacial score (nSPS) is 21.9. The number of carbonyl (C=O) groups is 1. The molecular formula is C39H45N3O7S. The molecule has 0 aromatic heterocycles. The second-order valence-electron chi connectivity index (χ2n) is 13.1. The lowest BCUT2D eigenvalue weighted by Crippen LogP contribution is -2.45. The van der Waals surface area contributed by atoms with E-state index in [4.69, 9.17) is 9.47 Å². The van der Waals surface area contributed by atoms with Crippen molar-refractivity contribution in [2.75, 3.05) is 25.0 Å². The van der Waals surface area contributed by atoms with Crippen molar-refractivity contribution in [3.63, 3.8) is 0 Å². The summed E-state index contributed by atoms with van der Waals surface area (Å²) < 4.78 is 42.2. The Morgan fingerprint density at radius 2 is 1.58 bits per heavy atom. The van der Waals surface area contributed by atoms with Gasteiger partial charge in [-0.15, -0.1) is 0 Å². The lowest BCUT2D eigenvalue weighted by atomic mass is 9.99. The molecule has 0 unspecified atom stereocenters. The fraction of sp³-hybridized carbons (Fsp3) is 0.359. The fourth-order valence-electron chi connectivity index (χ4n) is 6.60. The first-order valence-electron chi connectivity index (χ1n) is 17.1. The van der Waals surface area contributed by atoms with Crippen molar-refractivity contribution in [3.8, 4) is 0 Å². The van der Waals surface area contributed by atoms with Crippen molar-refractivity contribution in [1.29, 1.82) is 0 Å². The molecular weight excluding hydrogens is 655 g/mol. The second-order valence-corrected chi connectivity index (χ2v) is 14.8. The van der Waals surface area contributed by atoms with E-state index in [1.165, 1.54) is 12.1 Å². The molecule has 11 heteroatoms. The van der Waals surface area contributed by atoms with E-state index < -0.39 is 28.3 Å². The predicted molar refractivity (Wildman–Crippen MR) is 191 cm³/mol. The van der Waals surface area contributed by atoms with Crippen molar-refractivity contribution >= 4 is 21.6 Å². The maximum Gasteiger partial charge on any atom is 0.242 e. The molecule has 1 amide bonds. The van der Waals surface area contributed by atoms with E-state index in [0.29, 0.717) is 18.7 Å². The lowest BCUT2D eigenvalue weighted by molar-refractivity contribution is -0.253. The number of amides is 1. The molecule has 0 aliphatic carbocycles. The summed E-state index contributed by atoms with van der Waals surface area (Å²) in [4.78, 5) is 16.0. The molecule has 5 atom stereocenters. The molecule has 2 aliphatic heterocycles. The quantitative estimate of drug-likeness (QED) is 0.153. The number of nitrogens with zero attached hydrogens (tertiary/aromatic N) is 1. The van der Waals surface area contributed by atoms with Crippen LogP contribution in [0.15, 0.2) is 108 Å². The van der Waals surface area contributed by atoms with Gasteiger partial charge in [-0.2, -0.15) is 4.72 Å². The van der Waals surface area contributed by atoms with Gasteiger partial charge in [0.15, 0.2) is 6.29 Å². The van der Waals surface area contributed by atoms with Gasteiger partial charge in [0.25, 0.3) is 0 Å². The average molecular weight is 700 g/mol. The van der Waals surface area contributed by atoms with Gasteiger partial charge >= 0.3 is 0 Å². The van der Waals surface area contributed by atoms with Gasteiger partial charge in [-0.1, -0.05) is 84.4 Å². The van der Waals surface area contributed by atoms with Gasteiger partial charge in [-0.05, 0) is 73.7 Å². The number of benzene rings is 4. The largest absolute Gasteiger partial charge is 0.395 e. The van der Waals surface area contributed by atoms with Crippen LogP contribution < -0.4 is 10.0 Å². The highest BCUT2D eigenvalue weighted by atomic mass is 32.2. The summed E-state index contributed by atoms with van der Waals surface area (Å²) in [6.45, 7) is 3.54. The highest BCUT2D eigenvalue weighted by Crippen LogP contribution is 2.39. The number of hydrogen-bond donors (Lipinski definition) is 4. The number of rotatable bonds is 13. The minimum atomic E-state index is -3.98. The van der Waals surface area contributed by atoms with Crippen molar-refractivity contribution in [1.82, 2.24) is 9.62 Å². The molecule has 2 fully saturated rings. The highest BCUT2D eigenvalue weighted by Gasteiger charge is 2.35. The minimum absolute atomic E-state index is 0.0355. The van der Waals surface area contributed by atoms with Crippen LogP contribution in [0.3, 0.4) is 0 Å². The molecule has 0 spiro atoms. The minimum Gasteiger partial charge on any atom is -0.395 e. The Morgan fingerprint density at radius 3 is 2.26 bits per heavy atom. The fourth-order valence-corrected chi connectivity index (χ4v) is 7.80. The summed E-state index contributed by atoms with van der Waals surface area (Å²) in [5.41, 5.74) is 4.82. The molecule has 0 radical (unpaired) electrons. The maximum atomic E-state index is 13.6. The molecule has 6 rings (SSSR count). The lowest BCUT2D eigenvalue weighted by Gasteiger charge is -2.38. The Balaban J connectivity index is 1.18. The molecule has 0 saturated carbocycles. The van der Waals surface area contributed by atoms with E-state index in [0.717, 1.165) is 47.2 Å². The van der Waals surface area contributed by atoms with Crippen LogP contribution in [0.25, 0.3) is 0 Å². The van der Waals surface area contributed by atoms with Crippen molar-refractivity contribution in [2.24, 2.45) is 0 Å². The zero-order valence-electron chi connectivity index (χ0n) is 28.1. The molecule has 0 bridgehead atoms. The molecule has 50 heavy (non-hydrogen) atoms. The van der Waals surface area contributed by atoms with Crippen LogP contribution in [-0.2, 0) is 37.3 Å². The molecule has 4 N–H and O–H groups in total. The van der Waals surface area contributed by atoms with E-state index >= 15 is 0 Å². The molecule has 4 aromatic rings. The third-order valence-corrected chi connectivity index (χ3v) is 10.9. The Hall–Kier alpha value is -3.94. The third-order valence-electron chi connectivity index (χ3n) is 9.44. The number of aliphatic hydroxyl groups excluding tert-OH is 2. The molecule has 264 valence electrons. The van der Waals surface area contributed by atoms with Crippen molar-refractivity contribution in [3.05, 3.63) is 131 Å². The SMILES string of the molecule is Cc1ccc(S(=O)(=O)N[C@H](Cc2ccccc2)C(=O)Nc2ccc([C@H]3O[C@@H](CN4CCC[C@H]4CO)C[C@@H](c4ccc(CO)cc4)O3)cc2)cc1. The van der Waals surface area contributed by atoms with Crippen molar-refractivity contribution < 1.29 is 32.9 Å². The van der Waals surface area contributed by atoms with E-state index in [9.17, 15) is 23.4 Å². The molecule has 4 aromatic carbocycles. The summed E-state index contributed by atoms with van der Waals surface area (Å²) in [5.74, 6) is -0.488. The summed E-state index contributed by atoms with van der Waals surface area (Å²) in [6, 6.07) is 29.7. The van der Waals surface area contributed by atoms with E-state index in [1.807, 2.05) is 73.7 Å². The van der Waals surface area contributed by atoms with Crippen LogP contribution in [0.5, 0.6) is 0 Å². The number of sulfonamides is 1. The van der Waals surface area contributed by atoms with Crippen LogP contribution in [0.4, 0.5) is 5.69 Å². The summed E-state index contributed by atoms with van der Waals surface area (Å²) in [7, 11) is -3.98. The number of hydrogen-bond acceptors (Lipinski definition) is 8. The number of aryl methyl sites for hydroxylation is 1. The number of carbonyl (C=O) groups excluding carboxylic acids is 1. The van der Waals surface area contributed by atoms with Gasteiger partial charge in [0.1, 0.15) is 6.04 Å². The third kappa shape index (κ3) is 9.04. The first-order chi connectivity index (χ1) is 24.2. The van der Waals surface area contributed by atoms with Crippen LogP contribution in [0.1, 0.15) is 59.5 Å². The van der Waals surface area contributed by atoms with E-state index in [1.54, 1.807) is 24.3 Å². The number of aliphatic hydroxyl groups is 2. The van der Waals surface area contributed by atoms with Gasteiger partial charge in [-0.3, -0.25) is 9.69 Å². The number of anilines is 1. The summed E-state index contributed by atoms with van der Waals surface area (Å²) in [6.07, 6.45) is 1.72. The first-order valence-corrected chi connectivity index (χ1v) is 18.6. The number of likely N-dealkylation sites (tertiary alicyclic amines) is 1. The van der Waals surface area contributed by atoms with Gasteiger partial charge in [0.05, 0.1) is 30.3 Å². The zero-order valence-corrected chi connectivity index (χ0v) is 29.0. The summed E-state index contributed by atoms with van der Waals surface area (Å²) >= 11 is 0. The predicted octanol–water partition coefficient (Wildman–Crippen LogP) is 5.02. The van der Waals surface area contributed by atoms with E-state index in [-0.39, 0.29) is 42.8 Å². The Morgan fingerprint density at radius 1 is 0.880 bits per heavy atom.